The molecular formula is C26H25N3O3S2. The number of amides is 1. The van der Waals surface area contributed by atoms with E-state index < -0.39 is 0 Å². The van der Waals surface area contributed by atoms with E-state index in [0.717, 1.165) is 52.7 Å². The lowest BCUT2D eigenvalue weighted by Gasteiger charge is -2.14. The van der Waals surface area contributed by atoms with Gasteiger partial charge in [0.1, 0.15) is 10.6 Å². The number of fused-ring (bicyclic) bond motifs is 3. The first-order chi connectivity index (χ1) is 16.5. The molecule has 0 radical (unpaired) electrons. The Kier molecular flexibility index (Phi) is 6.43. The Hall–Kier alpha value is -3.10. The van der Waals surface area contributed by atoms with Gasteiger partial charge in [0.15, 0.2) is 5.16 Å². The van der Waals surface area contributed by atoms with E-state index in [-0.39, 0.29) is 17.2 Å². The lowest BCUT2D eigenvalue weighted by Crippen LogP contribution is -2.23. The maximum atomic E-state index is 13.8. The zero-order valence-electron chi connectivity index (χ0n) is 19.1. The minimum Gasteiger partial charge on any atom is -0.497 e. The van der Waals surface area contributed by atoms with Crippen LogP contribution in [-0.4, -0.2) is 28.3 Å². The number of aromatic nitrogens is 2. The molecule has 6 nitrogen and oxygen atoms in total. The van der Waals surface area contributed by atoms with Crippen LogP contribution in [0.15, 0.2) is 58.5 Å². The van der Waals surface area contributed by atoms with Crippen molar-refractivity contribution >= 4 is 44.9 Å². The molecule has 1 N–H and O–H groups in total. The molecule has 2 aromatic heterocycles. The average Bonchev–Trinajstić information content (AvgIpc) is 3.23. The summed E-state index contributed by atoms with van der Waals surface area (Å²) in [5, 5.41) is 4.20. The lowest BCUT2D eigenvalue weighted by molar-refractivity contribution is -0.113. The topological polar surface area (TPSA) is 73.2 Å². The van der Waals surface area contributed by atoms with Crippen LogP contribution in [0.25, 0.3) is 15.9 Å². The summed E-state index contributed by atoms with van der Waals surface area (Å²) in [4.78, 5) is 33.4. The number of methoxy groups -OCH3 is 1. The number of para-hydroxylation sites is 1. The van der Waals surface area contributed by atoms with Crippen molar-refractivity contribution in [3.8, 4) is 11.4 Å². The monoisotopic (exact) mass is 491 g/mol. The molecule has 0 atom stereocenters. The largest absolute Gasteiger partial charge is 0.497 e. The highest BCUT2D eigenvalue weighted by Gasteiger charge is 2.23. The molecule has 2 heterocycles. The van der Waals surface area contributed by atoms with Crippen molar-refractivity contribution < 1.29 is 9.53 Å². The first-order valence-electron chi connectivity index (χ1n) is 11.2. The van der Waals surface area contributed by atoms with Crippen molar-refractivity contribution in [1.29, 1.82) is 0 Å². The number of benzene rings is 2. The molecule has 34 heavy (non-hydrogen) atoms. The van der Waals surface area contributed by atoms with Crippen LogP contribution >= 0.6 is 23.1 Å². The van der Waals surface area contributed by atoms with Gasteiger partial charge >= 0.3 is 0 Å². The summed E-state index contributed by atoms with van der Waals surface area (Å²) in [6.45, 7) is 1.96. The third-order valence-corrected chi connectivity index (χ3v) is 8.16. The minimum atomic E-state index is -0.139. The number of ether oxygens (including phenoxy) is 1. The highest BCUT2D eigenvalue weighted by atomic mass is 32.2. The van der Waals surface area contributed by atoms with Crippen LogP contribution in [0.1, 0.15) is 28.8 Å². The van der Waals surface area contributed by atoms with Crippen LogP contribution in [0.3, 0.4) is 0 Å². The van der Waals surface area contributed by atoms with E-state index in [4.69, 9.17) is 9.72 Å². The van der Waals surface area contributed by atoms with Crippen molar-refractivity contribution in [2.75, 3.05) is 18.2 Å². The molecule has 174 valence electrons. The van der Waals surface area contributed by atoms with Gasteiger partial charge in [-0.3, -0.25) is 14.2 Å². The maximum Gasteiger partial charge on any atom is 0.267 e. The van der Waals surface area contributed by atoms with Crippen molar-refractivity contribution in [3.63, 3.8) is 0 Å². The van der Waals surface area contributed by atoms with E-state index in [1.165, 1.54) is 16.6 Å². The van der Waals surface area contributed by atoms with Gasteiger partial charge in [-0.15, -0.1) is 11.3 Å². The number of nitrogens with zero attached hydrogens (tertiary/aromatic N) is 2. The van der Waals surface area contributed by atoms with Gasteiger partial charge in [0.05, 0.1) is 23.9 Å². The zero-order chi connectivity index (χ0) is 23.7. The van der Waals surface area contributed by atoms with Crippen LogP contribution in [0.2, 0.25) is 0 Å². The summed E-state index contributed by atoms with van der Waals surface area (Å²) in [6.07, 6.45) is 4.16. The second kappa shape index (κ2) is 9.64. The summed E-state index contributed by atoms with van der Waals surface area (Å²) < 4.78 is 6.92. The molecule has 0 spiro atoms. The van der Waals surface area contributed by atoms with Gasteiger partial charge < -0.3 is 10.1 Å². The predicted molar refractivity (Wildman–Crippen MR) is 139 cm³/mol. The number of rotatable bonds is 6. The number of carbonyl (C=O) groups is 1. The standard InChI is InChI=1S/C26H25N3O3S2/c1-16-7-3-5-9-20(16)27-22(30)15-33-26-28-24-23(19-8-4-6-10-21(19)34-24)25(31)29(26)17-11-13-18(32-2)14-12-17/h3,5,7,9,11-14H,4,6,8,10,15H2,1-2H3,(H,27,30). The van der Waals surface area contributed by atoms with Gasteiger partial charge in [-0.25, -0.2) is 4.98 Å². The van der Waals surface area contributed by atoms with Crippen molar-refractivity contribution in [2.24, 2.45) is 0 Å². The molecule has 0 fully saturated rings. The van der Waals surface area contributed by atoms with Crippen molar-refractivity contribution in [2.45, 2.75) is 37.8 Å². The molecule has 2 aromatic carbocycles. The van der Waals surface area contributed by atoms with E-state index in [2.05, 4.69) is 5.32 Å². The van der Waals surface area contributed by atoms with Gasteiger partial charge in [0, 0.05) is 10.6 Å². The molecule has 5 rings (SSSR count). The fourth-order valence-electron chi connectivity index (χ4n) is 4.27. The summed E-state index contributed by atoms with van der Waals surface area (Å²) >= 11 is 2.89. The summed E-state index contributed by atoms with van der Waals surface area (Å²) in [5.41, 5.74) is 3.57. The molecule has 0 unspecified atom stereocenters. The Labute approximate surface area is 206 Å². The molecule has 1 aliphatic rings. The molecule has 1 aliphatic carbocycles. The van der Waals surface area contributed by atoms with Crippen LogP contribution in [0.4, 0.5) is 5.69 Å². The third-order valence-electron chi connectivity index (χ3n) is 6.04. The van der Waals surface area contributed by atoms with E-state index >= 15 is 0 Å². The number of nitrogens with one attached hydrogen (secondary N) is 1. The fourth-order valence-corrected chi connectivity index (χ4v) is 6.39. The predicted octanol–water partition coefficient (Wildman–Crippen LogP) is 5.37. The maximum absolute atomic E-state index is 13.8. The number of thioether (sulfide) groups is 1. The van der Waals surface area contributed by atoms with Crippen molar-refractivity contribution in [1.82, 2.24) is 9.55 Å². The van der Waals surface area contributed by atoms with E-state index in [1.807, 2.05) is 55.5 Å². The van der Waals surface area contributed by atoms with Gasteiger partial charge in [-0.2, -0.15) is 0 Å². The number of thiophene rings is 1. The van der Waals surface area contributed by atoms with E-state index in [0.29, 0.717) is 16.6 Å². The second-order valence-electron chi connectivity index (χ2n) is 8.28. The molecule has 4 aromatic rings. The molecule has 8 heteroatoms. The smallest absolute Gasteiger partial charge is 0.267 e. The highest BCUT2D eigenvalue weighted by molar-refractivity contribution is 7.99. The number of carbonyl (C=O) groups excluding carboxylic acids is 1. The number of aryl methyl sites for hydroxylation is 3. The minimum absolute atomic E-state index is 0.0728. The SMILES string of the molecule is COc1ccc(-n2c(SCC(=O)Nc3ccccc3C)nc3sc4c(c3c2=O)CCCC4)cc1. The third kappa shape index (κ3) is 4.35. The van der Waals surface area contributed by atoms with Gasteiger partial charge in [0.2, 0.25) is 5.91 Å². The van der Waals surface area contributed by atoms with Crippen LogP contribution in [-0.2, 0) is 17.6 Å². The highest BCUT2D eigenvalue weighted by Crippen LogP contribution is 2.35. The number of anilines is 1. The molecule has 0 saturated heterocycles. The van der Waals surface area contributed by atoms with Gasteiger partial charge in [-0.1, -0.05) is 30.0 Å². The Morgan fingerprint density at radius 1 is 1.15 bits per heavy atom. The summed E-state index contributed by atoms with van der Waals surface area (Å²) in [7, 11) is 1.61. The number of hydrogen-bond acceptors (Lipinski definition) is 6. The van der Waals surface area contributed by atoms with Crippen LogP contribution in [0, 0.1) is 6.92 Å². The first-order valence-corrected chi connectivity index (χ1v) is 13.1. The van der Waals surface area contributed by atoms with Crippen molar-refractivity contribution in [3.05, 3.63) is 74.9 Å². The quantitative estimate of drug-likeness (QED) is 0.290. The van der Waals surface area contributed by atoms with Crippen LogP contribution in [0.5, 0.6) is 5.75 Å². The van der Waals surface area contributed by atoms with Gasteiger partial charge in [0.25, 0.3) is 5.56 Å². The summed E-state index contributed by atoms with van der Waals surface area (Å²) in [5.74, 6) is 0.721. The Balaban J connectivity index is 1.53. The zero-order valence-corrected chi connectivity index (χ0v) is 20.7. The fraction of sp³-hybridized carbons (Fsp3) is 0.269. The Bertz CT molecular complexity index is 1420. The molecular weight excluding hydrogens is 466 g/mol. The summed E-state index contributed by atoms with van der Waals surface area (Å²) in [6, 6.07) is 15.0. The van der Waals surface area contributed by atoms with E-state index in [9.17, 15) is 9.59 Å². The van der Waals surface area contributed by atoms with Gasteiger partial charge in [-0.05, 0) is 74.1 Å². The Morgan fingerprint density at radius 2 is 1.91 bits per heavy atom. The Morgan fingerprint density at radius 3 is 2.68 bits per heavy atom. The molecule has 0 bridgehead atoms. The normalized spacial score (nSPS) is 13.0. The van der Waals surface area contributed by atoms with Crippen LogP contribution < -0.4 is 15.6 Å². The molecule has 1 amide bonds. The van der Waals surface area contributed by atoms with E-state index in [1.54, 1.807) is 23.0 Å². The average molecular weight is 492 g/mol. The second-order valence-corrected chi connectivity index (χ2v) is 10.3. The first kappa shape index (κ1) is 22.7. The molecule has 0 saturated carbocycles. The number of hydrogen-bond donors (Lipinski definition) is 1. The lowest BCUT2D eigenvalue weighted by atomic mass is 9.97. The molecule has 0 aliphatic heterocycles.